The third kappa shape index (κ3) is 14.8. The van der Waals surface area contributed by atoms with Crippen molar-refractivity contribution < 1.29 is 33.3 Å². The molecule has 0 N–H and O–H groups in total. The molecule has 1 aliphatic rings. The number of rotatable bonds is 22. The molecule has 0 heterocycles. The van der Waals surface area contributed by atoms with Gasteiger partial charge in [0, 0.05) is 12.0 Å². The lowest BCUT2D eigenvalue weighted by molar-refractivity contribution is -0.144. The predicted molar refractivity (Wildman–Crippen MR) is 186 cm³/mol. The molecule has 47 heavy (non-hydrogen) atoms. The molecular weight excluding hydrogens is 592 g/mol. The summed E-state index contributed by atoms with van der Waals surface area (Å²) in [4.78, 5) is 36.3. The van der Waals surface area contributed by atoms with Gasteiger partial charge in [0.25, 0.3) is 0 Å². The quantitative estimate of drug-likeness (QED) is 0.0543. The highest BCUT2D eigenvalue weighted by atomic mass is 16.5. The standard InChI is InChI=1S/C40H56O7/c1-4-5-9-16-32-20-22-33(23-21-32)34-24-26-35(27-25-34)47-40(43)36-17-11-12-18-37(36)44-28-13-6-7-14-29-45-38(41)19-10-8-15-30-46-39(42)31(2)3/h11-12,17-18,24-27,32-33H,2,4-10,13-16,19-23,28-30H2,1,3H3. The van der Waals surface area contributed by atoms with E-state index in [1.165, 1.54) is 56.9 Å². The van der Waals surface area contributed by atoms with Crippen LogP contribution in [-0.4, -0.2) is 37.7 Å². The van der Waals surface area contributed by atoms with Gasteiger partial charge in [-0.2, -0.15) is 0 Å². The van der Waals surface area contributed by atoms with Gasteiger partial charge in [-0.05, 0) is 119 Å². The van der Waals surface area contributed by atoms with Crippen molar-refractivity contribution in [3.63, 3.8) is 0 Å². The summed E-state index contributed by atoms with van der Waals surface area (Å²) in [5.41, 5.74) is 2.14. The third-order valence-electron chi connectivity index (χ3n) is 8.90. The van der Waals surface area contributed by atoms with Crippen molar-refractivity contribution in [2.75, 3.05) is 19.8 Å². The molecule has 7 nitrogen and oxygen atoms in total. The second-order valence-corrected chi connectivity index (χ2v) is 12.9. The zero-order valence-electron chi connectivity index (χ0n) is 28.8. The molecule has 0 aliphatic heterocycles. The highest BCUT2D eigenvalue weighted by molar-refractivity contribution is 5.94. The molecule has 1 saturated carbocycles. The van der Waals surface area contributed by atoms with Crippen molar-refractivity contribution in [1.29, 1.82) is 0 Å². The highest BCUT2D eigenvalue weighted by Crippen LogP contribution is 2.38. The Balaban J connectivity index is 1.27. The van der Waals surface area contributed by atoms with Crippen LogP contribution in [-0.2, 0) is 19.1 Å². The van der Waals surface area contributed by atoms with Crippen LogP contribution in [0, 0.1) is 5.92 Å². The topological polar surface area (TPSA) is 88.1 Å². The van der Waals surface area contributed by atoms with Crippen LogP contribution in [0.4, 0.5) is 0 Å². The van der Waals surface area contributed by atoms with E-state index in [-0.39, 0.29) is 11.9 Å². The first-order valence-electron chi connectivity index (χ1n) is 17.9. The van der Waals surface area contributed by atoms with E-state index in [4.69, 9.17) is 18.9 Å². The van der Waals surface area contributed by atoms with Crippen LogP contribution < -0.4 is 9.47 Å². The Kier molecular flexibility index (Phi) is 17.8. The summed E-state index contributed by atoms with van der Waals surface area (Å²) in [5, 5.41) is 0. The molecule has 7 heteroatoms. The van der Waals surface area contributed by atoms with Crippen molar-refractivity contribution in [1.82, 2.24) is 0 Å². The van der Waals surface area contributed by atoms with Gasteiger partial charge in [-0.15, -0.1) is 0 Å². The molecule has 1 aliphatic carbocycles. The smallest absolute Gasteiger partial charge is 0.347 e. The fraction of sp³-hybridized carbons (Fsp3) is 0.575. The van der Waals surface area contributed by atoms with E-state index >= 15 is 0 Å². The van der Waals surface area contributed by atoms with Gasteiger partial charge in [-0.3, -0.25) is 4.79 Å². The van der Waals surface area contributed by atoms with Crippen molar-refractivity contribution in [2.45, 2.75) is 122 Å². The van der Waals surface area contributed by atoms with E-state index in [1.807, 2.05) is 24.3 Å². The fourth-order valence-electron chi connectivity index (χ4n) is 6.03. The monoisotopic (exact) mass is 648 g/mol. The Morgan fingerprint density at radius 3 is 2.11 bits per heavy atom. The lowest BCUT2D eigenvalue weighted by atomic mass is 9.77. The minimum absolute atomic E-state index is 0.192. The number of para-hydroxylation sites is 1. The van der Waals surface area contributed by atoms with Crippen LogP contribution in [0.5, 0.6) is 11.5 Å². The Morgan fingerprint density at radius 2 is 1.40 bits per heavy atom. The van der Waals surface area contributed by atoms with Crippen LogP contribution in [0.2, 0.25) is 0 Å². The summed E-state index contributed by atoms with van der Waals surface area (Å²) in [5.74, 6) is 1.56. The van der Waals surface area contributed by atoms with Gasteiger partial charge in [0.2, 0.25) is 0 Å². The number of carbonyl (C=O) groups excluding carboxylic acids is 3. The molecule has 0 amide bonds. The molecule has 2 aromatic carbocycles. The zero-order chi connectivity index (χ0) is 33.7. The maximum absolute atomic E-state index is 13.0. The normalized spacial score (nSPS) is 15.9. The van der Waals surface area contributed by atoms with Crippen LogP contribution >= 0.6 is 0 Å². The lowest BCUT2D eigenvalue weighted by Gasteiger charge is -2.29. The largest absolute Gasteiger partial charge is 0.493 e. The van der Waals surface area contributed by atoms with Gasteiger partial charge < -0.3 is 18.9 Å². The minimum Gasteiger partial charge on any atom is -0.493 e. The van der Waals surface area contributed by atoms with E-state index in [2.05, 4.69) is 25.6 Å². The van der Waals surface area contributed by atoms with Crippen LogP contribution in [0.1, 0.15) is 138 Å². The molecular formula is C40H56O7. The van der Waals surface area contributed by atoms with Crippen LogP contribution in [0.25, 0.3) is 0 Å². The Labute approximate surface area is 282 Å². The molecule has 0 bridgehead atoms. The van der Waals surface area contributed by atoms with E-state index in [0.29, 0.717) is 67.6 Å². The van der Waals surface area contributed by atoms with Crippen molar-refractivity contribution in [2.24, 2.45) is 5.92 Å². The van der Waals surface area contributed by atoms with Crippen molar-refractivity contribution >= 4 is 17.9 Å². The Bertz CT molecular complexity index is 1230. The van der Waals surface area contributed by atoms with E-state index in [1.54, 1.807) is 19.1 Å². The molecule has 0 unspecified atom stereocenters. The average molecular weight is 649 g/mol. The first kappa shape index (κ1) is 37.8. The van der Waals surface area contributed by atoms with E-state index in [0.717, 1.165) is 38.0 Å². The van der Waals surface area contributed by atoms with Crippen LogP contribution in [0.3, 0.4) is 0 Å². The summed E-state index contributed by atoms with van der Waals surface area (Å²) in [6.45, 7) is 8.67. The van der Waals surface area contributed by atoms with E-state index < -0.39 is 5.97 Å². The maximum atomic E-state index is 13.0. The first-order chi connectivity index (χ1) is 22.9. The molecule has 1 fully saturated rings. The van der Waals surface area contributed by atoms with Gasteiger partial charge in [0.05, 0.1) is 19.8 Å². The summed E-state index contributed by atoms with van der Waals surface area (Å²) in [6, 6.07) is 15.3. The van der Waals surface area contributed by atoms with Crippen LogP contribution in [0.15, 0.2) is 60.7 Å². The summed E-state index contributed by atoms with van der Waals surface area (Å²) >= 11 is 0. The number of hydrogen-bond donors (Lipinski definition) is 0. The zero-order valence-corrected chi connectivity index (χ0v) is 28.8. The minimum atomic E-state index is -0.422. The van der Waals surface area contributed by atoms with Gasteiger partial charge in [0.1, 0.15) is 17.1 Å². The number of carbonyl (C=O) groups is 3. The summed E-state index contributed by atoms with van der Waals surface area (Å²) < 4.78 is 22.0. The summed E-state index contributed by atoms with van der Waals surface area (Å²) in [6.07, 6.45) is 16.6. The number of hydrogen-bond acceptors (Lipinski definition) is 7. The lowest BCUT2D eigenvalue weighted by Crippen LogP contribution is -2.14. The average Bonchev–Trinajstić information content (AvgIpc) is 3.08. The van der Waals surface area contributed by atoms with Gasteiger partial charge >= 0.3 is 17.9 Å². The highest BCUT2D eigenvalue weighted by Gasteiger charge is 2.22. The Hall–Kier alpha value is -3.61. The van der Waals surface area contributed by atoms with E-state index in [9.17, 15) is 14.4 Å². The number of benzene rings is 2. The molecule has 0 saturated heterocycles. The third-order valence-corrected chi connectivity index (χ3v) is 8.90. The molecule has 0 radical (unpaired) electrons. The SMILES string of the molecule is C=C(C)C(=O)OCCCCCC(=O)OCCCCCCOc1ccccc1C(=O)Oc1ccc(C2CCC(CCCCC)CC2)cc1. The molecule has 0 spiro atoms. The fourth-order valence-corrected chi connectivity index (χ4v) is 6.03. The molecule has 0 aromatic heterocycles. The second-order valence-electron chi connectivity index (χ2n) is 12.9. The van der Waals surface area contributed by atoms with Crippen molar-refractivity contribution in [3.05, 3.63) is 71.8 Å². The van der Waals surface area contributed by atoms with Gasteiger partial charge in [-0.1, -0.05) is 63.5 Å². The first-order valence-corrected chi connectivity index (χ1v) is 17.9. The predicted octanol–water partition coefficient (Wildman–Crippen LogP) is 9.92. The van der Waals surface area contributed by atoms with Crippen molar-refractivity contribution in [3.8, 4) is 11.5 Å². The number of unbranched alkanes of at least 4 members (excludes halogenated alkanes) is 7. The molecule has 0 atom stereocenters. The second kappa shape index (κ2) is 22.0. The summed E-state index contributed by atoms with van der Waals surface area (Å²) in [7, 11) is 0. The molecule has 2 aromatic rings. The van der Waals surface area contributed by atoms with Gasteiger partial charge in [-0.25, -0.2) is 9.59 Å². The number of ether oxygens (including phenoxy) is 4. The molecule has 258 valence electrons. The van der Waals surface area contributed by atoms with Gasteiger partial charge in [0.15, 0.2) is 0 Å². The Morgan fingerprint density at radius 1 is 0.745 bits per heavy atom. The number of esters is 3. The maximum Gasteiger partial charge on any atom is 0.347 e. The molecule has 3 rings (SSSR count).